The van der Waals surface area contributed by atoms with Gasteiger partial charge in [-0.1, -0.05) is 30.2 Å². The van der Waals surface area contributed by atoms with Gasteiger partial charge in [0.25, 0.3) is 0 Å². The zero-order valence-electron chi connectivity index (χ0n) is 7.43. The highest BCUT2D eigenvalue weighted by Gasteiger charge is 2.26. The van der Waals surface area contributed by atoms with E-state index in [0.29, 0.717) is 0 Å². The molecule has 0 aromatic carbocycles. The van der Waals surface area contributed by atoms with Crippen molar-refractivity contribution in [2.75, 3.05) is 0 Å². The summed E-state index contributed by atoms with van der Waals surface area (Å²) in [5.41, 5.74) is 3.29. The SMILES string of the molecule is CC1=CCC2=CC[C@@H](C1)[C@@H]2C. The molecule has 2 rings (SSSR count). The average Bonchev–Trinajstić information content (AvgIpc) is 2.20. The van der Waals surface area contributed by atoms with Gasteiger partial charge < -0.3 is 0 Å². The first kappa shape index (κ1) is 7.15. The summed E-state index contributed by atoms with van der Waals surface area (Å²) in [6, 6.07) is 0. The summed E-state index contributed by atoms with van der Waals surface area (Å²) in [5.74, 6) is 1.80. The summed E-state index contributed by atoms with van der Waals surface area (Å²) < 4.78 is 0. The topological polar surface area (TPSA) is 0 Å². The number of hydrogen-bond acceptors (Lipinski definition) is 0. The molecule has 11 heavy (non-hydrogen) atoms. The summed E-state index contributed by atoms with van der Waals surface area (Å²) in [7, 11) is 0. The molecule has 0 amide bonds. The lowest BCUT2D eigenvalue weighted by Gasteiger charge is -2.15. The second-order valence-electron chi connectivity index (χ2n) is 4.02. The third-order valence-corrected chi connectivity index (χ3v) is 3.25. The minimum Gasteiger partial charge on any atom is -0.0844 e. The molecule has 0 spiro atoms. The number of rotatable bonds is 0. The van der Waals surface area contributed by atoms with Crippen LogP contribution in [0, 0.1) is 11.8 Å². The summed E-state index contributed by atoms with van der Waals surface area (Å²) >= 11 is 0. The molecule has 60 valence electrons. The summed E-state index contributed by atoms with van der Waals surface area (Å²) in [4.78, 5) is 0. The van der Waals surface area contributed by atoms with Gasteiger partial charge in [0.1, 0.15) is 0 Å². The van der Waals surface area contributed by atoms with Crippen molar-refractivity contribution in [2.24, 2.45) is 11.8 Å². The van der Waals surface area contributed by atoms with Crippen molar-refractivity contribution in [1.29, 1.82) is 0 Å². The quantitative estimate of drug-likeness (QED) is 0.462. The highest BCUT2D eigenvalue weighted by atomic mass is 14.3. The fourth-order valence-electron chi connectivity index (χ4n) is 2.31. The molecule has 0 saturated carbocycles. The molecule has 0 fully saturated rings. The van der Waals surface area contributed by atoms with Crippen molar-refractivity contribution in [1.82, 2.24) is 0 Å². The van der Waals surface area contributed by atoms with Gasteiger partial charge in [0.15, 0.2) is 0 Å². The molecule has 0 aliphatic heterocycles. The van der Waals surface area contributed by atoms with Crippen molar-refractivity contribution in [3.05, 3.63) is 23.3 Å². The van der Waals surface area contributed by atoms with Crippen LogP contribution in [0.2, 0.25) is 0 Å². The van der Waals surface area contributed by atoms with Crippen LogP contribution in [0.1, 0.15) is 33.1 Å². The summed E-state index contributed by atoms with van der Waals surface area (Å²) in [6.45, 7) is 4.66. The standard InChI is InChI=1S/C11H16/c1-8-3-4-10-5-6-11(7-8)9(10)2/h3,5,9,11H,4,6-7H2,1-2H3/t9-,11+/m1/s1. The monoisotopic (exact) mass is 148 g/mol. The lowest BCUT2D eigenvalue weighted by atomic mass is 9.90. The van der Waals surface area contributed by atoms with Crippen molar-refractivity contribution in [3.8, 4) is 0 Å². The lowest BCUT2D eigenvalue weighted by molar-refractivity contribution is 0.439. The Balaban J connectivity index is 2.25. The van der Waals surface area contributed by atoms with Gasteiger partial charge in [0, 0.05) is 0 Å². The van der Waals surface area contributed by atoms with Gasteiger partial charge in [-0.15, -0.1) is 0 Å². The Morgan fingerprint density at radius 2 is 2.18 bits per heavy atom. The highest BCUT2D eigenvalue weighted by molar-refractivity contribution is 5.23. The van der Waals surface area contributed by atoms with Gasteiger partial charge in [-0.3, -0.25) is 0 Å². The number of allylic oxidation sites excluding steroid dienone is 4. The van der Waals surface area contributed by atoms with Crippen LogP contribution in [0.15, 0.2) is 23.3 Å². The van der Waals surface area contributed by atoms with Gasteiger partial charge in [0.05, 0.1) is 0 Å². The first-order chi connectivity index (χ1) is 5.27. The van der Waals surface area contributed by atoms with Crippen molar-refractivity contribution >= 4 is 0 Å². The molecule has 2 aliphatic rings. The van der Waals surface area contributed by atoms with Crippen LogP contribution in [0.3, 0.4) is 0 Å². The smallest absolute Gasteiger partial charge is 0.0133 e. The molecule has 0 saturated heterocycles. The second kappa shape index (κ2) is 2.51. The molecule has 0 aromatic heterocycles. The first-order valence-electron chi connectivity index (χ1n) is 4.62. The number of hydrogen-bond donors (Lipinski definition) is 0. The van der Waals surface area contributed by atoms with E-state index in [4.69, 9.17) is 0 Å². The Labute approximate surface area is 69.0 Å². The molecule has 0 heteroatoms. The molecule has 0 aromatic rings. The Morgan fingerprint density at radius 1 is 1.36 bits per heavy atom. The maximum atomic E-state index is 2.46. The molecular weight excluding hydrogens is 132 g/mol. The van der Waals surface area contributed by atoms with Crippen LogP contribution in [0.4, 0.5) is 0 Å². The average molecular weight is 148 g/mol. The molecule has 2 aliphatic carbocycles. The molecular formula is C11H16. The van der Waals surface area contributed by atoms with E-state index in [1.54, 1.807) is 11.1 Å². The van der Waals surface area contributed by atoms with Gasteiger partial charge in [-0.05, 0) is 38.0 Å². The van der Waals surface area contributed by atoms with E-state index in [0.717, 1.165) is 11.8 Å². The lowest BCUT2D eigenvalue weighted by Crippen LogP contribution is -2.05. The van der Waals surface area contributed by atoms with E-state index in [2.05, 4.69) is 26.0 Å². The Hall–Kier alpha value is -0.520. The van der Waals surface area contributed by atoms with Gasteiger partial charge in [0.2, 0.25) is 0 Å². The van der Waals surface area contributed by atoms with Crippen LogP contribution in [-0.4, -0.2) is 0 Å². The van der Waals surface area contributed by atoms with E-state index < -0.39 is 0 Å². The third kappa shape index (κ3) is 1.15. The molecule has 2 bridgehead atoms. The van der Waals surface area contributed by atoms with E-state index in [1.165, 1.54) is 19.3 Å². The van der Waals surface area contributed by atoms with Crippen LogP contribution in [0.5, 0.6) is 0 Å². The Kier molecular flexibility index (Phi) is 1.63. The van der Waals surface area contributed by atoms with Gasteiger partial charge in [-0.25, -0.2) is 0 Å². The second-order valence-corrected chi connectivity index (χ2v) is 4.02. The van der Waals surface area contributed by atoms with E-state index >= 15 is 0 Å². The van der Waals surface area contributed by atoms with Crippen molar-refractivity contribution < 1.29 is 0 Å². The maximum absolute atomic E-state index is 2.46. The molecule has 0 unspecified atom stereocenters. The van der Waals surface area contributed by atoms with E-state index in [1.807, 2.05) is 0 Å². The highest BCUT2D eigenvalue weighted by Crippen LogP contribution is 2.40. The fourth-order valence-corrected chi connectivity index (χ4v) is 2.31. The van der Waals surface area contributed by atoms with Gasteiger partial charge in [-0.2, -0.15) is 0 Å². The summed E-state index contributed by atoms with van der Waals surface area (Å²) in [5, 5.41) is 0. The third-order valence-electron chi connectivity index (χ3n) is 3.25. The predicted octanol–water partition coefficient (Wildman–Crippen LogP) is 3.31. The minimum absolute atomic E-state index is 0.865. The molecule has 0 N–H and O–H groups in total. The first-order valence-corrected chi connectivity index (χ1v) is 4.62. The molecule has 0 heterocycles. The maximum Gasteiger partial charge on any atom is -0.0133 e. The number of fused-ring (bicyclic) bond motifs is 2. The van der Waals surface area contributed by atoms with Crippen LogP contribution < -0.4 is 0 Å². The van der Waals surface area contributed by atoms with Crippen LogP contribution in [-0.2, 0) is 0 Å². The predicted molar refractivity (Wildman–Crippen MR) is 48.3 cm³/mol. The van der Waals surface area contributed by atoms with Crippen LogP contribution in [0.25, 0.3) is 0 Å². The van der Waals surface area contributed by atoms with Gasteiger partial charge >= 0.3 is 0 Å². The van der Waals surface area contributed by atoms with Crippen molar-refractivity contribution in [3.63, 3.8) is 0 Å². The molecule has 0 nitrogen and oxygen atoms in total. The summed E-state index contributed by atoms with van der Waals surface area (Å²) in [6.07, 6.45) is 8.76. The largest absolute Gasteiger partial charge is 0.0844 e. The Morgan fingerprint density at radius 3 is 3.00 bits per heavy atom. The normalized spacial score (nSPS) is 36.2. The fraction of sp³-hybridized carbons (Fsp3) is 0.636. The Bertz CT molecular complexity index is 220. The zero-order valence-corrected chi connectivity index (χ0v) is 7.43. The zero-order chi connectivity index (χ0) is 7.84. The minimum atomic E-state index is 0.865. The molecule has 2 atom stereocenters. The molecule has 0 radical (unpaired) electrons. The van der Waals surface area contributed by atoms with E-state index in [9.17, 15) is 0 Å². The van der Waals surface area contributed by atoms with E-state index in [-0.39, 0.29) is 0 Å². The van der Waals surface area contributed by atoms with Crippen LogP contribution >= 0.6 is 0 Å². The van der Waals surface area contributed by atoms with Crippen molar-refractivity contribution in [2.45, 2.75) is 33.1 Å².